The maximum Gasteiger partial charge on any atom is 0.122 e. The minimum absolute atomic E-state index is 0.236. The third kappa shape index (κ3) is 3.02. The fourth-order valence-corrected chi connectivity index (χ4v) is 2.61. The quantitative estimate of drug-likeness (QED) is 0.910. The van der Waals surface area contributed by atoms with Gasteiger partial charge in [0.2, 0.25) is 0 Å². The molecule has 20 heavy (non-hydrogen) atoms. The summed E-state index contributed by atoms with van der Waals surface area (Å²) in [5.74, 6) is 0.942. The highest BCUT2D eigenvalue weighted by Crippen LogP contribution is 2.27. The van der Waals surface area contributed by atoms with Crippen LogP contribution in [0.15, 0.2) is 24.4 Å². The monoisotopic (exact) mass is 273 g/mol. The van der Waals surface area contributed by atoms with Gasteiger partial charge < -0.3 is 10.1 Å². The van der Waals surface area contributed by atoms with Crippen molar-refractivity contribution in [1.29, 1.82) is 0 Å². The Balaban J connectivity index is 2.31. The average Bonchev–Trinajstić information content (AvgIpc) is 2.75. The Kier molecular flexibility index (Phi) is 4.45. The van der Waals surface area contributed by atoms with Crippen LogP contribution in [-0.2, 0) is 13.5 Å². The molecule has 0 radical (unpaired) electrons. The fourth-order valence-electron chi connectivity index (χ4n) is 2.61. The lowest BCUT2D eigenvalue weighted by Crippen LogP contribution is -2.19. The Morgan fingerprint density at radius 2 is 2.10 bits per heavy atom. The van der Waals surface area contributed by atoms with Crippen molar-refractivity contribution in [3.05, 3.63) is 46.8 Å². The third-order valence-electron chi connectivity index (χ3n) is 3.64. The molecular weight excluding hydrogens is 250 g/mol. The second-order valence-electron chi connectivity index (χ2n) is 5.20. The Morgan fingerprint density at radius 1 is 1.35 bits per heavy atom. The van der Waals surface area contributed by atoms with Gasteiger partial charge in [-0.2, -0.15) is 5.10 Å². The molecule has 1 aromatic carbocycles. The van der Waals surface area contributed by atoms with Gasteiger partial charge in [-0.1, -0.05) is 17.7 Å². The molecule has 0 fully saturated rings. The number of rotatable bonds is 5. The largest absolute Gasteiger partial charge is 0.496 e. The van der Waals surface area contributed by atoms with Gasteiger partial charge in [-0.3, -0.25) is 4.68 Å². The Labute approximate surface area is 120 Å². The molecule has 1 N–H and O–H groups in total. The number of hydrogen-bond donors (Lipinski definition) is 1. The summed E-state index contributed by atoms with van der Waals surface area (Å²) in [5.41, 5.74) is 4.77. The second-order valence-corrected chi connectivity index (χ2v) is 5.20. The van der Waals surface area contributed by atoms with Crippen molar-refractivity contribution in [2.75, 3.05) is 14.2 Å². The average molecular weight is 273 g/mol. The Morgan fingerprint density at radius 3 is 2.65 bits per heavy atom. The summed E-state index contributed by atoms with van der Waals surface area (Å²) < 4.78 is 7.33. The molecule has 108 valence electrons. The lowest BCUT2D eigenvalue weighted by Gasteiger charge is -2.18. The van der Waals surface area contributed by atoms with E-state index in [0.717, 1.165) is 17.9 Å². The minimum Gasteiger partial charge on any atom is -0.496 e. The summed E-state index contributed by atoms with van der Waals surface area (Å²) in [5, 5.41) is 7.81. The molecule has 2 aromatic rings. The smallest absolute Gasteiger partial charge is 0.122 e. The number of likely N-dealkylation sites (N-methyl/N-ethyl adjacent to an activating group) is 1. The minimum atomic E-state index is 0.236. The van der Waals surface area contributed by atoms with Crippen LogP contribution in [0, 0.1) is 13.8 Å². The molecule has 0 aliphatic rings. The van der Waals surface area contributed by atoms with E-state index in [1.807, 2.05) is 31.8 Å². The summed E-state index contributed by atoms with van der Waals surface area (Å²) in [6.45, 7) is 4.15. The number of methoxy groups -OCH3 is 1. The van der Waals surface area contributed by atoms with E-state index in [9.17, 15) is 0 Å². The van der Waals surface area contributed by atoms with Crippen molar-refractivity contribution in [2.24, 2.45) is 7.05 Å². The van der Waals surface area contributed by atoms with Crippen molar-refractivity contribution >= 4 is 0 Å². The Hall–Kier alpha value is -1.81. The zero-order valence-corrected chi connectivity index (χ0v) is 12.9. The molecular formula is C16H23N3O. The standard InChI is InChI=1S/C16H23N3O/c1-11-6-7-16(20-5)13(8-11)9-15(17-3)14-10-19(4)18-12(14)2/h6-8,10,15,17H,9H2,1-5H3. The van der Waals surface area contributed by atoms with Crippen LogP contribution < -0.4 is 10.1 Å². The van der Waals surface area contributed by atoms with Gasteiger partial charge in [-0.05, 0) is 38.9 Å². The van der Waals surface area contributed by atoms with E-state index in [1.54, 1.807) is 7.11 Å². The molecule has 1 unspecified atom stereocenters. The molecule has 1 aromatic heterocycles. The zero-order chi connectivity index (χ0) is 14.7. The molecule has 0 spiro atoms. The van der Waals surface area contributed by atoms with Crippen LogP contribution in [0.5, 0.6) is 5.75 Å². The summed E-state index contributed by atoms with van der Waals surface area (Å²) in [4.78, 5) is 0. The summed E-state index contributed by atoms with van der Waals surface area (Å²) in [6, 6.07) is 6.54. The van der Waals surface area contributed by atoms with E-state index < -0.39 is 0 Å². The van der Waals surface area contributed by atoms with Gasteiger partial charge in [0.1, 0.15) is 5.75 Å². The summed E-state index contributed by atoms with van der Waals surface area (Å²) in [6.07, 6.45) is 2.96. The van der Waals surface area contributed by atoms with Crippen LogP contribution >= 0.6 is 0 Å². The molecule has 0 saturated heterocycles. The fraction of sp³-hybridized carbons (Fsp3) is 0.438. The van der Waals surface area contributed by atoms with Gasteiger partial charge in [0.05, 0.1) is 12.8 Å². The predicted molar refractivity (Wildman–Crippen MR) is 81.2 cm³/mol. The van der Waals surface area contributed by atoms with Gasteiger partial charge in [0.15, 0.2) is 0 Å². The van der Waals surface area contributed by atoms with Crippen LogP contribution in [0.3, 0.4) is 0 Å². The first kappa shape index (κ1) is 14.6. The van der Waals surface area contributed by atoms with Crippen molar-refractivity contribution in [3.63, 3.8) is 0 Å². The molecule has 2 rings (SSSR count). The van der Waals surface area contributed by atoms with Crippen molar-refractivity contribution in [1.82, 2.24) is 15.1 Å². The third-order valence-corrected chi connectivity index (χ3v) is 3.64. The number of aromatic nitrogens is 2. The van der Waals surface area contributed by atoms with Crippen LogP contribution in [0.1, 0.15) is 28.4 Å². The molecule has 0 aliphatic carbocycles. The molecule has 0 aliphatic heterocycles. The van der Waals surface area contributed by atoms with Crippen LogP contribution in [0.2, 0.25) is 0 Å². The van der Waals surface area contributed by atoms with E-state index in [-0.39, 0.29) is 6.04 Å². The summed E-state index contributed by atoms with van der Waals surface area (Å²) in [7, 11) is 5.66. The first-order valence-electron chi connectivity index (χ1n) is 6.86. The maximum atomic E-state index is 5.47. The molecule has 4 heteroatoms. The van der Waals surface area contributed by atoms with Crippen LogP contribution in [-0.4, -0.2) is 23.9 Å². The van der Waals surface area contributed by atoms with E-state index >= 15 is 0 Å². The predicted octanol–water partition coefficient (Wildman–Crippen LogP) is 2.55. The number of ether oxygens (including phenoxy) is 1. The van der Waals surface area contributed by atoms with E-state index in [1.165, 1.54) is 16.7 Å². The number of nitrogens with zero attached hydrogens (tertiary/aromatic N) is 2. The van der Waals surface area contributed by atoms with E-state index in [4.69, 9.17) is 4.74 Å². The van der Waals surface area contributed by atoms with Gasteiger partial charge in [0, 0.05) is 24.8 Å². The van der Waals surface area contributed by atoms with Crippen LogP contribution in [0.4, 0.5) is 0 Å². The second kappa shape index (κ2) is 6.09. The van der Waals surface area contributed by atoms with E-state index in [0.29, 0.717) is 0 Å². The highest BCUT2D eigenvalue weighted by molar-refractivity contribution is 5.38. The highest BCUT2D eigenvalue weighted by atomic mass is 16.5. The SMILES string of the molecule is CNC(Cc1cc(C)ccc1OC)c1cn(C)nc1C. The van der Waals surface area contributed by atoms with Crippen molar-refractivity contribution in [3.8, 4) is 5.75 Å². The van der Waals surface area contributed by atoms with Gasteiger partial charge in [0.25, 0.3) is 0 Å². The molecule has 0 saturated carbocycles. The molecule has 0 amide bonds. The lowest BCUT2D eigenvalue weighted by atomic mass is 9.98. The van der Waals surface area contributed by atoms with Gasteiger partial charge >= 0.3 is 0 Å². The molecule has 0 bridgehead atoms. The lowest BCUT2D eigenvalue weighted by molar-refractivity contribution is 0.406. The van der Waals surface area contributed by atoms with Crippen LogP contribution in [0.25, 0.3) is 0 Å². The summed E-state index contributed by atoms with van der Waals surface area (Å²) >= 11 is 0. The number of benzene rings is 1. The number of hydrogen-bond acceptors (Lipinski definition) is 3. The topological polar surface area (TPSA) is 39.1 Å². The van der Waals surface area contributed by atoms with Crippen molar-refractivity contribution < 1.29 is 4.74 Å². The zero-order valence-electron chi connectivity index (χ0n) is 12.9. The van der Waals surface area contributed by atoms with Crippen molar-refractivity contribution in [2.45, 2.75) is 26.3 Å². The normalized spacial score (nSPS) is 12.4. The Bertz CT molecular complexity index is 589. The van der Waals surface area contributed by atoms with E-state index in [2.05, 4.69) is 35.7 Å². The van der Waals surface area contributed by atoms with Gasteiger partial charge in [-0.25, -0.2) is 0 Å². The molecule has 1 heterocycles. The highest BCUT2D eigenvalue weighted by Gasteiger charge is 2.17. The molecule has 4 nitrogen and oxygen atoms in total. The maximum absolute atomic E-state index is 5.47. The first-order valence-corrected chi connectivity index (χ1v) is 6.86. The van der Waals surface area contributed by atoms with Gasteiger partial charge in [-0.15, -0.1) is 0 Å². The first-order chi connectivity index (χ1) is 9.55. The number of nitrogens with one attached hydrogen (secondary N) is 1. The molecule has 1 atom stereocenters. The number of aryl methyl sites for hydroxylation is 3.